The number of furan rings is 1. The van der Waals surface area contributed by atoms with Crippen LogP contribution < -0.4 is 5.56 Å². The maximum Gasteiger partial charge on any atom is 0.289 e. The summed E-state index contributed by atoms with van der Waals surface area (Å²) in [5, 5.41) is 1.84. The van der Waals surface area contributed by atoms with E-state index in [1.807, 2.05) is 24.3 Å². The Morgan fingerprint density at radius 3 is 2.35 bits per heavy atom. The number of hydrogen-bond acceptors (Lipinski definition) is 5. The number of pyridine rings is 1. The summed E-state index contributed by atoms with van der Waals surface area (Å²) >= 11 is 0. The Bertz CT molecular complexity index is 1510. The van der Waals surface area contributed by atoms with Crippen molar-refractivity contribution in [1.29, 1.82) is 0 Å². The van der Waals surface area contributed by atoms with Crippen molar-refractivity contribution in [3.63, 3.8) is 0 Å². The van der Waals surface area contributed by atoms with Crippen LogP contribution in [0.25, 0.3) is 10.8 Å². The van der Waals surface area contributed by atoms with Crippen LogP contribution in [-0.4, -0.2) is 54.3 Å². The number of sulfonamides is 1. The first kappa shape index (κ1) is 22.1. The van der Waals surface area contributed by atoms with E-state index in [4.69, 9.17) is 4.42 Å². The van der Waals surface area contributed by atoms with Crippen LogP contribution in [0.2, 0.25) is 0 Å². The second-order valence-electron chi connectivity index (χ2n) is 8.14. The molecule has 8 nitrogen and oxygen atoms in total. The van der Waals surface area contributed by atoms with Gasteiger partial charge in [0.15, 0.2) is 5.76 Å². The molecule has 174 valence electrons. The van der Waals surface area contributed by atoms with E-state index in [2.05, 4.69) is 0 Å². The van der Waals surface area contributed by atoms with Crippen LogP contribution in [-0.2, 0) is 16.6 Å². The summed E-state index contributed by atoms with van der Waals surface area (Å²) in [7, 11) is -3.66. The normalized spacial score (nSPS) is 15.0. The molecule has 0 radical (unpaired) electrons. The summed E-state index contributed by atoms with van der Waals surface area (Å²) in [5.74, 6) is 0.369. The highest BCUT2D eigenvalue weighted by molar-refractivity contribution is 7.89. The highest BCUT2D eigenvalue weighted by atomic mass is 32.2. The van der Waals surface area contributed by atoms with E-state index in [1.54, 1.807) is 53.6 Å². The van der Waals surface area contributed by atoms with Crippen molar-refractivity contribution in [2.45, 2.75) is 11.4 Å². The van der Waals surface area contributed by atoms with E-state index >= 15 is 0 Å². The fourth-order valence-electron chi connectivity index (χ4n) is 4.10. The second kappa shape index (κ2) is 8.92. The molecule has 1 saturated heterocycles. The molecule has 0 bridgehead atoms. The molecule has 1 amide bonds. The lowest BCUT2D eigenvalue weighted by molar-refractivity contribution is 0.0664. The molecule has 0 saturated carbocycles. The van der Waals surface area contributed by atoms with Gasteiger partial charge in [-0.25, -0.2) is 8.42 Å². The predicted molar refractivity (Wildman–Crippen MR) is 127 cm³/mol. The zero-order valence-electron chi connectivity index (χ0n) is 18.3. The van der Waals surface area contributed by atoms with Crippen LogP contribution in [0.15, 0.2) is 93.1 Å². The minimum absolute atomic E-state index is 0.157. The van der Waals surface area contributed by atoms with Crippen molar-refractivity contribution in [3.8, 4) is 0 Å². The predicted octanol–water partition coefficient (Wildman–Crippen LogP) is 2.79. The Labute approximate surface area is 196 Å². The minimum Gasteiger partial charge on any atom is -0.454 e. The zero-order valence-corrected chi connectivity index (χ0v) is 19.1. The fraction of sp³-hybridized carbons (Fsp3) is 0.200. The first-order chi connectivity index (χ1) is 16.4. The number of carbonyl (C=O) groups excluding carboxylic acids is 1. The summed E-state index contributed by atoms with van der Waals surface area (Å²) in [5.41, 5.74) is -0.157. The number of fused-ring (bicyclic) bond motifs is 1. The molecule has 1 aliphatic rings. The number of benzene rings is 2. The lowest BCUT2D eigenvalue weighted by Crippen LogP contribution is -2.50. The van der Waals surface area contributed by atoms with E-state index in [0.717, 1.165) is 10.8 Å². The number of aromatic nitrogens is 1. The number of piperazine rings is 1. The number of amides is 1. The highest BCUT2D eigenvalue weighted by Gasteiger charge is 2.31. The lowest BCUT2D eigenvalue weighted by atomic mass is 10.1. The van der Waals surface area contributed by atoms with Gasteiger partial charge in [0, 0.05) is 38.4 Å². The summed E-state index contributed by atoms with van der Waals surface area (Å²) in [4.78, 5) is 26.6. The fourth-order valence-corrected chi connectivity index (χ4v) is 5.56. The molecule has 34 heavy (non-hydrogen) atoms. The smallest absolute Gasteiger partial charge is 0.289 e. The third-order valence-electron chi connectivity index (χ3n) is 5.98. The zero-order chi connectivity index (χ0) is 23.7. The molecule has 0 N–H and O–H groups in total. The van der Waals surface area contributed by atoms with Crippen LogP contribution in [0.1, 0.15) is 16.3 Å². The summed E-state index contributed by atoms with van der Waals surface area (Å²) < 4.78 is 34.9. The van der Waals surface area contributed by atoms with Crippen molar-refractivity contribution < 1.29 is 17.6 Å². The van der Waals surface area contributed by atoms with E-state index in [9.17, 15) is 18.0 Å². The Hall–Kier alpha value is -3.69. The van der Waals surface area contributed by atoms with E-state index in [0.29, 0.717) is 5.76 Å². The topological polar surface area (TPSA) is 92.8 Å². The number of rotatable bonds is 5. The van der Waals surface area contributed by atoms with Crippen LogP contribution >= 0.6 is 0 Å². The molecular weight excluding hydrogens is 454 g/mol. The second-order valence-corrected chi connectivity index (χ2v) is 10.1. The number of nitrogens with zero attached hydrogens (tertiary/aromatic N) is 3. The van der Waals surface area contributed by atoms with Gasteiger partial charge in [0.05, 0.1) is 11.4 Å². The number of carbonyl (C=O) groups is 1. The third kappa shape index (κ3) is 4.27. The maximum atomic E-state index is 13.2. The molecule has 5 rings (SSSR count). The Morgan fingerprint density at radius 2 is 1.59 bits per heavy atom. The maximum absolute atomic E-state index is 13.2. The van der Waals surface area contributed by atoms with Gasteiger partial charge in [0.25, 0.3) is 11.5 Å². The number of hydrogen-bond donors (Lipinski definition) is 0. The minimum atomic E-state index is -3.66. The first-order valence-corrected chi connectivity index (χ1v) is 12.4. The monoisotopic (exact) mass is 477 g/mol. The lowest BCUT2D eigenvalue weighted by Gasteiger charge is -2.33. The van der Waals surface area contributed by atoms with Gasteiger partial charge in [-0.15, -0.1) is 0 Å². The third-order valence-corrected chi connectivity index (χ3v) is 7.88. The van der Waals surface area contributed by atoms with Crippen molar-refractivity contribution in [1.82, 2.24) is 13.8 Å². The summed E-state index contributed by atoms with van der Waals surface area (Å²) in [6.45, 7) is 1.16. The van der Waals surface area contributed by atoms with Crippen molar-refractivity contribution in [3.05, 3.63) is 101 Å². The van der Waals surface area contributed by atoms with Crippen molar-refractivity contribution in [2.24, 2.45) is 0 Å². The largest absolute Gasteiger partial charge is 0.454 e. The van der Waals surface area contributed by atoms with Gasteiger partial charge in [0.1, 0.15) is 5.76 Å². The van der Waals surface area contributed by atoms with Crippen molar-refractivity contribution in [2.75, 3.05) is 26.2 Å². The van der Waals surface area contributed by atoms with Crippen LogP contribution in [0.4, 0.5) is 0 Å². The van der Waals surface area contributed by atoms with Gasteiger partial charge in [0.2, 0.25) is 10.0 Å². The van der Waals surface area contributed by atoms with Gasteiger partial charge in [-0.2, -0.15) is 4.31 Å². The highest BCUT2D eigenvalue weighted by Crippen LogP contribution is 2.23. The van der Waals surface area contributed by atoms with E-state index in [-0.39, 0.29) is 54.8 Å². The van der Waals surface area contributed by atoms with Gasteiger partial charge in [-0.1, -0.05) is 36.4 Å². The molecule has 4 aromatic rings. The molecule has 2 aromatic carbocycles. The van der Waals surface area contributed by atoms with Crippen LogP contribution in [0.5, 0.6) is 0 Å². The molecule has 0 atom stereocenters. The molecule has 1 aliphatic heterocycles. The molecule has 2 aromatic heterocycles. The molecule has 1 fully saturated rings. The molecule has 9 heteroatoms. The molecule has 0 aliphatic carbocycles. The molecule has 0 unspecified atom stereocenters. The molecular formula is C25H23N3O5S. The quantitative estimate of drug-likeness (QED) is 0.441. The molecule has 0 spiro atoms. The Kier molecular flexibility index (Phi) is 5.80. The van der Waals surface area contributed by atoms with Gasteiger partial charge in [-0.3, -0.25) is 9.59 Å². The average molecular weight is 478 g/mol. The van der Waals surface area contributed by atoms with Crippen LogP contribution in [0.3, 0.4) is 0 Å². The molecule has 3 heterocycles. The standard InChI is InChI=1S/C25H23N3O5S/c29-24-7-3-4-12-27(24)18-21-9-11-23(33-21)25(30)26-13-15-28(16-14-26)34(31,32)22-10-8-19-5-1-2-6-20(19)17-22/h1-12,17H,13-16,18H2. The average Bonchev–Trinajstić information content (AvgIpc) is 3.33. The Morgan fingerprint density at radius 1 is 0.853 bits per heavy atom. The van der Waals surface area contributed by atoms with Gasteiger partial charge in [-0.05, 0) is 41.1 Å². The van der Waals surface area contributed by atoms with Crippen molar-refractivity contribution >= 4 is 26.7 Å². The van der Waals surface area contributed by atoms with Gasteiger partial charge >= 0.3 is 0 Å². The van der Waals surface area contributed by atoms with E-state index < -0.39 is 10.0 Å². The first-order valence-electron chi connectivity index (χ1n) is 10.9. The Balaban J connectivity index is 1.25. The van der Waals surface area contributed by atoms with E-state index in [1.165, 1.54) is 14.9 Å². The summed E-state index contributed by atoms with van der Waals surface area (Å²) in [6, 6.07) is 20.9. The summed E-state index contributed by atoms with van der Waals surface area (Å²) in [6.07, 6.45) is 1.65. The van der Waals surface area contributed by atoms with Gasteiger partial charge < -0.3 is 13.9 Å². The SMILES string of the molecule is O=C(c1ccc(Cn2ccccc2=O)o1)N1CCN(S(=O)(=O)c2ccc3ccccc3c2)CC1. The van der Waals surface area contributed by atoms with Crippen LogP contribution in [0, 0.1) is 0 Å².